The van der Waals surface area contributed by atoms with Gasteiger partial charge in [0, 0.05) is 28.6 Å². The molecule has 1 atom stereocenters. The van der Waals surface area contributed by atoms with Gasteiger partial charge in [0.2, 0.25) is 5.91 Å². The predicted molar refractivity (Wildman–Crippen MR) is 99.0 cm³/mol. The highest BCUT2D eigenvalue weighted by Crippen LogP contribution is 2.36. The number of para-hydroxylation sites is 1. The molecular formula is C19H19BrN2O3. The number of phenols is 1. The summed E-state index contributed by atoms with van der Waals surface area (Å²) in [6, 6.07) is 14.1. The van der Waals surface area contributed by atoms with E-state index in [1.165, 1.54) is 5.01 Å². The van der Waals surface area contributed by atoms with E-state index in [9.17, 15) is 15.0 Å². The van der Waals surface area contributed by atoms with Gasteiger partial charge in [0.05, 0.1) is 0 Å². The number of carbonyl (C=O) groups is 1. The van der Waals surface area contributed by atoms with E-state index in [1.54, 1.807) is 37.3 Å². The lowest BCUT2D eigenvalue weighted by Gasteiger charge is -2.31. The Bertz CT molecular complexity index is 820. The Balaban J connectivity index is 1.79. The Morgan fingerprint density at radius 2 is 1.92 bits per heavy atom. The van der Waals surface area contributed by atoms with E-state index in [-0.39, 0.29) is 24.5 Å². The molecule has 1 heterocycles. The van der Waals surface area contributed by atoms with Crippen LogP contribution in [0.4, 0.5) is 0 Å². The third-order valence-electron chi connectivity index (χ3n) is 4.27. The Labute approximate surface area is 154 Å². The van der Waals surface area contributed by atoms with Crippen molar-refractivity contribution in [2.45, 2.75) is 31.9 Å². The minimum absolute atomic E-state index is 0.146. The predicted octanol–water partition coefficient (Wildman–Crippen LogP) is 3.54. The third-order valence-corrected chi connectivity index (χ3v) is 4.79. The van der Waals surface area contributed by atoms with Crippen LogP contribution in [0.5, 0.6) is 5.75 Å². The number of halogens is 1. The SMILES string of the molecule is CC1=NN(C(=O)CCc2ccccc2O)[C@](O)(c2ccc(Br)cc2)C1. The van der Waals surface area contributed by atoms with Gasteiger partial charge < -0.3 is 10.2 Å². The molecule has 0 fully saturated rings. The number of aryl methyl sites for hydroxylation is 1. The molecule has 0 radical (unpaired) electrons. The number of nitrogens with zero attached hydrogens (tertiary/aromatic N) is 2. The number of phenolic OH excluding ortho intramolecular Hbond substituents is 1. The van der Waals surface area contributed by atoms with Crippen LogP contribution in [0.2, 0.25) is 0 Å². The average molecular weight is 403 g/mol. The summed E-state index contributed by atoms with van der Waals surface area (Å²) in [4.78, 5) is 12.7. The van der Waals surface area contributed by atoms with Crippen LogP contribution in [0, 0.1) is 0 Å². The second-order valence-corrected chi connectivity index (χ2v) is 7.09. The van der Waals surface area contributed by atoms with E-state index in [2.05, 4.69) is 21.0 Å². The summed E-state index contributed by atoms with van der Waals surface area (Å²) >= 11 is 3.37. The van der Waals surface area contributed by atoms with Crippen LogP contribution in [-0.4, -0.2) is 26.8 Å². The number of carbonyl (C=O) groups excluding carboxylic acids is 1. The van der Waals surface area contributed by atoms with Gasteiger partial charge in [-0.2, -0.15) is 10.1 Å². The van der Waals surface area contributed by atoms with Gasteiger partial charge in [-0.1, -0.05) is 46.3 Å². The van der Waals surface area contributed by atoms with Crippen LogP contribution in [0.3, 0.4) is 0 Å². The summed E-state index contributed by atoms with van der Waals surface area (Å²) in [6.45, 7) is 1.79. The fourth-order valence-corrected chi connectivity index (χ4v) is 3.26. The lowest BCUT2D eigenvalue weighted by molar-refractivity contribution is -0.157. The maximum Gasteiger partial charge on any atom is 0.245 e. The maximum atomic E-state index is 12.7. The number of aliphatic hydroxyl groups is 1. The first kappa shape index (κ1) is 17.6. The highest BCUT2D eigenvalue weighted by Gasteiger charge is 2.44. The molecule has 0 saturated heterocycles. The highest BCUT2D eigenvalue weighted by molar-refractivity contribution is 9.10. The lowest BCUT2D eigenvalue weighted by Crippen LogP contribution is -2.43. The van der Waals surface area contributed by atoms with E-state index >= 15 is 0 Å². The molecule has 2 N–H and O–H groups in total. The van der Waals surface area contributed by atoms with Crippen LogP contribution < -0.4 is 0 Å². The van der Waals surface area contributed by atoms with Gasteiger partial charge in [-0.3, -0.25) is 4.79 Å². The lowest BCUT2D eigenvalue weighted by atomic mass is 9.97. The van der Waals surface area contributed by atoms with Crippen LogP contribution in [0.25, 0.3) is 0 Å². The molecule has 2 aromatic carbocycles. The molecule has 25 heavy (non-hydrogen) atoms. The first-order chi connectivity index (χ1) is 11.9. The number of aromatic hydroxyl groups is 1. The molecule has 0 unspecified atom stereocenters. The Morgan fingerprint density at radius 1 is 1.24 bits per heavy atom. The second-order valence-electron chi connectivity index (χ2n) is 6.17. The standard InChI is InChI=1S/C19H19BrN2O3/c1-13-12-19(25,15-7-9-16(20)10-8-15)22(21-13)18(24)11-6-14-4-2-3-5-17(14)23/h2-5,7-10,23,25H,6,11-12H2,1H3/t19-/m1/s1. The van der Waals surface area contributed by atoms with Crippen LogP contribution in [0.15, 0.2) is 58.1 Å². The summed E-state index contributed by atoms with van der Waals surface area (Å²) in [5.74, 6) is -0.120. The van der Waals surface area contributed by atoms with Gasteiger partial charge in [-0.05, 0) is 37.1 Å². The van der Waals surface area contributed by atoms with Crippen LogP contribution >= 0.6 is 15.9 Å². The van der Waals surface area contributed by atoms with E-state index < -0.39 is 5.72 Å². The number of amides is 1. The summed E-state index contributed by atoms with van der Waals surface area (Å²) in [5.41, 5.74) is 0.539. The molecule has 2 aromatic rings. The second kappa shape index (κ2) is 6.98. The smallest absolute Gasteiger partial charge is 0.245 e. The van der Waals surface area contributed by atoms with Crippen molar-refractivity contribution in [2.24, 2.45) is 5.10 Å². The van der Waals surface area contributed by atoms with Crippen molar-refractivity contribution < 1.29 is 15.0 Å². The fourth-order valence-electron chi connectivity index (χ4n) is 2.99. The topological polar surface area (TPSA) is 73.1 Å². The molecule has 0 spiro atoms. The van der Waals surface area contributed by atoms with E-state index in [4.69, 9.17) is 0 Å². The monoisotopic (exact) mass is 402 g/mol. The fraction of sp³-hybridized carbons (Fsp3) is 0.263. The van der Waals surface area contributed by atoms with E-state index in [0.717, 1.165) is 4.47 Å². The van der Waals surface area contributed by atoms with E-state index in [1.807, 2.05) is 18.2 Å². The molecule has 1 amide bonds. The molecule has 130 valence electrons. The Kier molecular flexibility index (Phi) is 4.92. The third kappa shape index (κ3) is 3.60. The van der Waals surface area contributed by atoms with Crippen molar-refractivity contribution in [1.29, 1.82) is 0 Å². The van der Waals surface area contributed by atoms with Gasteiger partial charge in [-0.25, -0.2) is 0 Å². The molecule has 0 saturated carbocycles. The molecule has 0 bridgehead atoms. The molecular weight excluding hydrogens is 384 g/mol. The van der Waals surface area contributed by atoms with Crippen LogP contribution in [0.1, 0.15) is 30.9 Å². The van der Waals surface area contributed by atoms with Crippen molar-refractivity contribution in [1.82, 2.24) is 5.01 Å². The Morgan fingerprint density at radius 3 is 2.60 bits per heavy atom. The molecule has 6 heteroatoms. The van der Waals surface area contributed by atoms with Gasteiger partial charge >= 0.3 is 0 Å². The number of benzene rings is 2. The summed E-state index contributed by atoms with van der Waals surface area (Å²) in [5, 5.41) is 26.4. The van der Waals surface area contributed by atoms with Gasteiger partial charge in [0.25, 0.3) is 0 Å². The van der Waals surface area contributed by atoms with Crippen molar-refractivity contribution in [3.63, 3.8) is 0 Å². The summed E-state index contributed by atoms with van der Waals surface area (Å²) in [7, 11) is 0. The number of hydrazone groups is 1. The molecule has 1 aliphatic heterocycles. The summed E-state index contributed by atoms with van der Waals surface area (Å²) in [6.07, 6.45) is 0.803. The number of rotatable bonds is 4. The number of hydrogen-bond donors (Lipinski definition) is 2. The number of hydrogen-bond acceptors (Lipinski definition) is 4. The Hall–Kier alpha value is -2.18. The van der Waals surface area contributed by atoms with E-state index in [0.29, 0.717) is 23.3 Å². The minimum atomic E-state index is -1.47. The van der Waals surface area contributed by atoms with Gasteiger partial charge in [0.15, 0.2) is 5.72 Å². The molecule has 0 aliphatic carbocycles. The van der Waals surface area contributed by atoms with Crippen LogP contribution in [-0.2, 0) is 16.9 Å². The molecule has 0 aromatic heterocycles. The van der Waals surface area contributed by atoms with Crippen molar-refractivity contribution in [3.8, 4) is 5.75 Å². The first-order valence-electron chi connectivity index (χ1n) is 8.02. The quantitative estimate of drug-likeness (QED) is 0.820. The van der Waals surface area contributed by atoms with Gasteiger partial charge in [0.1, 0.15) is 5.75 Å². The van der Waals surface area contributed by atoms with Crippen molar-refractivity contribution in [3.05, 3.63) is 64.1 Å². The first-order valence-corrected chi connectivity index (χ1v) is 8.82. The largest absolute Gasteiger partial charge is 0.508 e. The van der Waals surface area contributed by atoms with Gasteiger partial charge in [-0.15, -0.1) is 0 Å². The average Bonchev–Trinajstić information content (AvgIpc) is 2.90. The molecule has 5 nitrogen and oxygen atoms in total. The molecule has 1 aliphatic rings. The summed E-state index contributed by atoms with van der Waals surface area (Å²) < 4.78 is 0.896. The zero-order chi connectivity index (χ0) is 18.0. The highest BCUT2D eigenvalue weighted by atomic mass is 79.9. The van der Waals surface area contributed by atoms with Crippen molar-refractivity contribution in [2.75, 3.05) is 0 Å². The maximum absolute atomic E-state index is 12.7. The normalized spacial score (nSPS) is 19.8. The minimum Gasteiger partial charge on any atom is -0.508 e. The zero-order valence-electron chi connectivity index (χ0n) is 13.8. The van der Waals surface area contributed by atoms with Crippen molar-refractivity contribution >= 4 is 27.5 Å². The zero-order valence-corrected chi connectivity index (χ0v) is 15.4. The molecule has 3 rings (SSSR count).